The SMILES string of the molecule is C[C@@H]1O[C@@H](O[C@@H]2[C@@H](N=[N+]=[N-])[C@@H](O[C@@H]3[C@H](OCc4ccc5ccccc5c4)[C@@H](OCc4ccc5ccccc5c4)[C@@H](OCCCCCN(Cc4ccccc4)C(=O)O)O[C@@H]3COCc3ccccc3)O[C@@H]3CO[C@H](c4ccccc4)O[C@H]23)[C@@H](N=[N+]=[N-])[C@H](O)[C@@H]1O. The molecule has 89 heavy (non-hydrogen) atoms. The van der Waals surface area contributed by atoms with E-state index in [4.69, 9.17) is 52.1 Å². The zero-order valence-corrected chi connectivity index (χ0v) is 49.1. The Hall–Kier alpha value is -7.57. The predicted octanol–water partition coefficient (Wildman–Crippen LogP) is 11.2. The van der Waals surface area contributed by atoms with E-state index in [9.17, 15) is 31.2 Å². The third kappa shape index (κ3) is 15.9. The molecule has 4 fully saturated rings. The lowest BCUT2D eigenvalue weighted by Crippen LogP contribution is -2.67. The topological polar surface area (TPSA) is 280 Å². The number of hydrogen-bond donors (Lipinski definition) is 3. The molecule has 7 aromatic carbocycles. The van der Waals surface area contributed by atoms with Crippen LogP contribution in [0.3, 0.4) is 0 Å². The fraction of sp³-hybridized carbons (Fsp3) is 0.418. The quantitative estimate of drug-likeness (QED) is 0.0197. The second kappa shape index (κ2) is 30.8. The molecule has 0 spiro atoms. The molecule has 0 aliphatic carbocycles. The van der Waals surface area contributed by atoms with Gasteiger partial charge in [-0.05, 0) is 93.2 Å². The molecule has 0 saturated carbocycles. The largest absolute Gasteiger partial charge is 0.465 e. The van der Waals surface area contributed by atoms with Crippen molar-refractivity contribution in [2.24, 2.45) is 10.2 Å². The number of amides is 1. The molecule has 0 bridgehead atoms. The molecule has 4 heterocycles. The number of aliphatic hydroxyl groups is 2. The van der Waals surface area contributed by atoms with Crippen molar-refractivity contribution in [2.75, 3.05) is 26.4 Å². The average Bonchev–Trinajstić information content (AvgIpc) is 1.91. The summed E-state index contributed by atoms with van der Waals surface area (Å²) in [5.74, 6) is 0. The highest BCUT2D eigenvalue weighted by Crippen LogP contribution is 2.41. The Morgan fingerprint density at radius 2 is 1.16 bits per heavy atom. The van der Waals surface area contributed by atoms with E-state index in [1.54, 1.807) is 0 Å². The summed E-state index contributed by atoms with van der Waals surface area (Å²) in [6, 6.07) is 53.6. The van der Waals surface area contributed by atoms with Gasteiger partial charge in [0.25, 0.3) is 0 Å². The molecule has 4 aliphatic rings. The molecule has 22 nitrogen and oxygen atoms in total. The minimum atomic E-state index is -1.61. The Balaban J connectivity index is 0.951. The smallest absolute Gasteiger partial charge is 0.407 e. The van der Waals surface area contributed by atoms with E-state index in [2.05, 4.69) is 32.2 Å². The Labute approximate surface area is 514 Å². The van der Waals surface area contributed by atoms with Crippen LogP contribution in [0.5, 0.6) is 0 Å². The molecule has 1 amide bonds. The van der Waals surface area contributed by atoms with Gasteiger partial charge in [-0.1, -0.05) is 174 Å². The summed E-state index contributed by atoms with van der Waals surface area (Å²) in [7, 11) is 0. The maximum absolute atomic E-state index is 12.4. The highest BCUT2D eigenvalue weighted by atomic mass is 16.8. The standard InChI is InChI=1S/C67H73N7O15/c1-42-56(75)57(76)54(70-72-68)64(84-42)89-60-55(71-73-69)65(85-53-41-83-63(87-58(53)60)49-24-10-4-11-25-49)88-59-52(40-79-37-44-20-8-3-9-21-44)86-66(80-33-17-5-16-32-74(67(77)78)36-43-18-6-2-7-19-43)62(82-39-46-29-31-48-23-13-15-27-51(48)35-46)61(59)81-38-45-28-30-47-22-12-14-26-50(47)34-45/h2-4,6-15,18-31,34-35,42,52-66,75-76H,5,16-17,32-33,36-41H2,1H3,(H,77,78)/t42-,52+,53+,54-,55+,56+,57-,58-,59-,60+,61-,62+,63-,64-,65+,66-/m0/s1. The third-order valence-corrected chi connectivity index (χ3v) is 16.5. The van der Waals surface area contributed by atoms with E-state index < -0.39 is 104 Å². The van der Waals surface area contributed by atoms with Crippen LogP contribution in [0.4, 0.5) is 4.79 Å². The van der Waals surface area contributed by atoms with Crippen molar-refractivity contribution in [3.63, 3.8) is 0 Å². The first-order valence-electron chi connectivity index (χ1n) is 30.1. The number of fused-ring (bicyclic) bond motifs is 3. The van der Waals surface area contributed by atoms with Crippen LogP contribution < -0.4 is 0 Å². The molecule has 7 aromatic rings. The molecule has 4 aliphatic heterocycles. The maximum Gasteiger partial charge on any atom is 0.407 e. The lowest BCUT2D eigenvalue weighted by molar-refractivity contribution is -0.388. The average molecular weight is 1220 g/mol. The highest BCUT2D eigenvalue weighted by molar-refractivity contribution is 5.83. The number of rotatable bonds is 26. The molecule has 0 radical (unpaired) electrons. The van der Waals surface area contributed by atoms with Crippen molar-refractivity contribution in [3.8, 4) is 0 Å². The van der Waals surface area contributed by atoms with Gasteiger partial charge in [0.1, 0.15) is 60.9 Å². The molecule has 4 saturated heterocycles. The lowest BCUT2D eigenvalue weighted by atomic mass is 9.93. The predicted molar refractivity (Wildman–Crippen MR) is 325 cm³/mol. The van der Waals surface area contributed by atoms with Gasteiger partial charge in [-0.3, -0.25) is 0 Å². The summed E-state index contributed by atoms with van der Waals surface area (Å²) < 4.78 is 74.9. The van der Waals surface area contributed by atoms with E-state index in [0.29, 0.717) is 31.4 Å². The number of carbonyl (C=O) groups is 1. The van der Waals surface area contributed by atoms with Gasteiger partial charge in [0.05, 0.1) is 45.2 Å². The van der Waals surface area contributed by atoms with Gasteiger partial charge >= 0.3 is 6.09 Å². The minimum Gasteiger partial charge on any atom is -0.465 e. The minimum absolute atomic E-state index is 0.0506. The van der Waals surface area contributed by atoms with Crippen molar-refractivity contribution >= 4 is 27.6 Å². The van der Waals surface area contributed by atoms with Gasteiger partial charge < -0.3 is 72.3 Å². The van der Waals surface area contributed by atoms with Gasteiger partial charge in [-0.15, -0.1) is 0 Å². The van der Waals surface area contributed by atoms with Gasteiger partial charge in [-0.25, -0.2) is 4.79 Å². The zero-order chi connectivity index (χ0) is 61.5. The number of carboxylic acid groups (broad SMARTS) is 1. The van der Waals surface area contributed by atoms with Crippen molar-refractivity contribution in [2.45, 2.75) is 151 Å². The second-order valence-corrected chi connectivity index (χ2v) is 22.6. The summed E-state index contributed by atoms with van der Waals surface area (Å²) in [6.07, 6.45) is -16.1. The van der Waals surface area contributed by atoms with Crippen LogP contribution >= 0.6 is 0 Å². The number of benzene rings is 7. The van der Waals surface area contributed by atoms with Crippen LogP contribution in [0.25, 0.3) is 42.4 Å². The fourth-order valence-corrected chi connectivity index (χ4v) is 11.8. The molecule has 466 valence electrons. The van der Waals surface area contributed by atoms with Crippen molar-refractivity contribution in [3.05, 3.63) is 225 Å². The van der Waals surface area contributed by atoms with E-state index in [0.717, 1.165) is 43.8 Å². The van der Waals surface area contributed by atoms with Crippen LogP contribution in [0.1, 0.15) is 60.3 Å². The van der Waals surface area contributed by atoms with Gasteiger partial charge in [-0.2, -0.15) is 0 Å². The number of nitrogens with zero attached hydrogens (tertiary/aromatic N) is 7. The van der Waals surface area contributed by atoms with Crippen LogP contribution in [-0.2, 0) is 78.5 Å². The molecule has 11 rings (SSSR count). The molecule has 3 N–H and O–H groups in total. The first kappa shape index (κ1) is 63.0. The third-order valence-electron chi connectivity index (χ3n) is 16.5. The molecular weight excluding hydrogens is 1140 g/mol. The molecular formula is C67H73N7O15. The Bertz CT molecular complexity index is 3500. The van der Waals surface area contributed by atoms with E-state index in [1.807, 2.05) is 164 Å². The Morgan fingerprint density at radius 1 is 0.573 bits per heavy atom. The number of hydrogen-bond acceptors (Lipinski definition) is 16. The van der Waals surface area contributed by atoms with E-state index in [-0.39, 0.29) is 46.2 Å². The second-order valence-electron chi connectivity index (χ2n) is 22.6. The monoisotopic (exact) mass is 1220 g/mol. The van der Waals surface area contributed by atoms with Crippen LogP contribution in [0.15, 0.2) is 186 Å². The fourth-order valence-electron chi connectivity index (χ4n) is 11.8. The van der Waals surface area contributed by atoms with Crippen LogP contribution in [-0.4, -0.2) is 145 Å². The lowest BCUT2D eigenvalue weighted by Gasteiger charge is -2.52. The number of aliphatic hydroxyl groups excluding tert-OH is 2. The van der Waals surface area contributed by atoms with Crippen LogP contribution in [0.2, 0.25) is 0 Å². The van der Waals surface area contributed by atoms with Crippen molar-refractivity contribution in [1.29, 1.82) is 0 Å². The number of unbranched alkanes of at least 4 members (excludes halogenated alkanes) is 2. The first-order chi connectivity index (χ1) is 43.6. The maximum atomic E-state index is 12.4. The van der Waals surface area contributed by atoms with E-state index in [1.165, 1.54) is 11.8 Å². The summed E-state index contributed by atoms with van der Waals surface area (Å²) in [4.78, 5) is 20.0. The molecule has 0 unspecified atom stereocenters. The summed E-state index contributed by atoms with van der Waals surface area (Å²) >= 11 is 0. The zero-order valence-electron chi connectivity index (χ0n) is 49.1. The molecule has 16 atom stereocenters. The van der Waals surface area contributed by atoms with Crippen molar-refractivity contribution in [1.82, 2.24) is 4.90 Å². The number of azide groups is 2. The van der Waals surface area contributed by atoms with E-state index >= 15 is 0 Å². The van der Waals surface area contributed by atoms with Gasteiger partial charge in [0.15, 0.2) is 25.2 Å². The summed E-state index contributed by atoms with van der Waals surface area (Å²) in [5, 5.41) is 44.6. The Morgan fingerprint density at radius 3 is 1.81 bits per heavy atom. The summed E-state index contributed by atoms with van der Waals surface area (Å²) in [6.45, 7) is 2.46. The van der Waals surface area contributed by atoms with Gasteiger partial charge in [0.2, 0.25) is 0 Å². The number of ether oxygens (including phenoxy) is 11. The summed E-state index contributed by atoms with van der Waals surface area (Å²) in [5.41, 5.74) is 24.4. The molecule has 22 heteroatoms. The molecule has 0 aromatic heterocycles. The first-order valence-corrected chi connectivity index (χ1v) is 30.1. The van der Waals surface area contributed by atoms with Crippen LogP contribution in [0, 0.1) is 0 Å². The van der Waals surface area contributed by atoms with Crippen molar-refractivity contribution < 1.29 is 72.2 Å². The van der Waals surface area contributed by atoms with Gasteiger partial charge in [0, 0.05) is 35.1 Å². The highest BCUT2D eigenvalue weighted by Gasteiger charge is 2.57. The Kier molecular flexibility index (Phi) is 21.8. The normalized spacial score (nSPS) is 28.5.